The van der Waals surface area contributed by atoms with Crippen molar-refractivity contribution in [1.82, 2.24) is 10.2 Å². The van der Waals surface area contributed by atoms with Crippen LogP contribution in [0.4, 0.5) is 5.69 Å². The summed E-state index contributed by atoms with van der Waals surface area (Å²) in [5.41, 5.74) is 0.0889. The molecule has 88 valence electrons. The molecule has 1 aliphatic heterocycles. The van der Waals surface area contributed by atoms with E-state index in [2.05, 4.69) is 10.2 Å². The van der Waals surface area contributed by atoms with E-state index in [4.69, 9.17) is 23.2 Å². The highest BCUT2D eigenvalue weighted by atomic mass is 35.5. The zero-order valence-corrected chi connectivity index (χ0v) is 10.6. The Labute approximate surface area is 104 Å². The van der Waals surface area contributed by atoms with Crippen molar-refractivity contribution in [3.63, 3.8) is 0 Å². The summed E-state index contributed by atoms with van der Waals surface area (Å²) in [6, 6.07) is 1.66. The predicted molar refractivity (Wildman–Crippen MR) is 64.1 cm³/mol. The molecule has 4 nitrogen and oxygen atoms in total. The molecule has 0 atom stereocenters. The highest BCUT2D eigenvalue weighted by molar-refractivity contribution is 6.33. The Morgan fingerprint density at radius 2 is 2.00 bits per heavy atom. The number of hydrogen-bond acceptors (Lipinski definition) is 4. The summed E-state index contributed by atoms with van der Waals surface area (Å²) in [5, 5.41) is 18.1. The van der Waals surface area contributed by atoms with E-state index < -0.39 is 5.60 Å². The van der Waals surface area contributed by atoms with Crippen molar-refractivity contribution in [2.75, 3.05) is 18.0 Å². The van der Waals surface area contributed by atoms with Crippen molar-refractivity contribution < 1.29 is 5.11 Å². The maximum absolute atomic E-state index is 10.1. The van der Waals surface area contributed by atoms with Crippen molar-refractivity contribution in [2.45, 2.75) is 19.4 Å². The van der Waals surface area contributed by atoms with Crippen LogP contribution in [0.25, 0.3) is 0 Å². The van der Waals surface area contributed by atoms with Crippen molar-refractivity contribution in [2.24, 2.45) is 5.92 Å². The SMILES string of the molecule is CC(C)C1(O)CN(c2cc(Cl)nnc2Cl)C1. The first kappa shape index (κ1) is 11.9. The molecule has 0 saturated carbocycles. The maximum Gasteiger partial charge on any atom is 0.175 e. The third kappa shape index (κ3) is 1.97. The molecule has 16 heavy (non-hydrogen) atoms. The fourth-order valence-electron chi connectivity index (χ4n) is 1.72. The van der Waals surface area contributed by atoms with Gasteiger partial charge in [0.2, 0.25) is 0 Å². The second-order valence-corrected chi connectivity index (χ2v) is 5.20. The van der Waals surface area contributed by atoms with Crippen LogP contribution in [-0.4, -0.2) is 34.0 Å². The largest absolute Gasteiger partial charge is 0.386 e. The lowest BCUT2D eigenvalue weighted by atomic mass is 9.83. The van der Waals surface area contributed by atoms with Gasteiger partial charge in [0.05, 0.1) is 5.69 Å². The first-order chi connectivity index (χ1) is 7.42. The lowest BCUT2D eigenvalue weighted by Crippen LogP contribution is -2.64. The van der Waals surface area contributed by atoms with Gasteiger partial charge in [-0.3, -0.25) is 0 Å². The van der Waals surface area contributed by atoms with Crippen LogP contribution in [-0.2, 0) is 0 Å². The van der Waals surface area contributed by atoms with Gasteiger partial charge in [-0.25, -0.2) is 0 Å². The number of aliphatic hydroxyl groups is 1. The molecule has 1 aliphatic rings. The normalized spacial score (nSPS) is 18.8. The number of anilines is 1. The molecule has 1 fully saturated rings. The van der Waals surface area contributed by atoms with Crippen LogP contribution in [0.1, 0.15) is 13.8 Å². The standard InChI is InChI=1S/C10H13Cl2N3O/c1-6(2)10(16)4-15(5-10)7-3-8(11)13-14-9(7)12/h3,6,16H,4-5H2,1-2H3. The van der Waals surface area contributed by atoms with Crippen LogP contribution in [0.3, 0.4) is 0 Å². The Hall–Kier alpha value is -0.580. The third-order valence-electron chi connectivity index (χ3n) is 3.05. The highest BCUT2D eigenvalue weighted by Crippen LogP contribution is 2.36. The molecule has 0 aliphatic carbocycles. The first-order valence-electron chi connectivity index (χ1n) is 5.08. The van der Waals surface area contributed by atoms with Crippen molar-refractivity contribution in [1.29, 1.82) is 0 Å². The Kier molecular flexibility index (Phi) is 2.99. The average Bonchev–Trinajstić information content (AvgIpc) is 2.17. The molecule has 0 amide bonds. The van der Waals surface area contributed by atoms with E-state index in [1.807, 2.05) is 18.7 Å². The smallest absolute Gasteiger partial charge is 0.175 e. The summed E-state index contributed by atoms with van der Waals surface area (Å²) in [5.74, 6) is 0.216. The summed E-state index contributed by atoms with van der Waals surface area (Å²) in [6.45, 7) is 5.09. The van der Waals surface area contributed by atoms with Gasteiger partial charge in [-0.1, -0.05) is 37.0 Å². The predicted octanol–water partition coefficient (Wildman–Crippen LogP) is 1.99. The zero-order chi connectivity index (χ0) is 11.9. The van der Waals surface area contributed by atoms with Crippen molar-refractivity contribution in [3.05, 3.63) is 16.4 Å². The molecule has 0 bridgehead atoms. The lowest BCUT2D eigenvalue weighted by Gasteiger charge is -2.50. The van der Waals surface area contributed by atoms with Gasteiger partial charge in [-0.15, -0.1) is 10.2 Å². The monoisotopic (exact) mass is 261 g/mol. The molecule has 2 rings (SSSR count). The molecule has 0 aromatic carbocycles. The van der Waals surface area contributed by atoms with Gasteiger partial charge in [0.25, 0.3) is 0 Å². The van der Waals surface area contributed by atoms with Crippen LogP contribution >= 0.6 is 23.2 Å². The summed E-state index contributed by atoms with van der Waals surface area (Å²) in [4.78, 5) is 1.95. The van der Waals surface area contributed by atoms with E-state index in [9.17, 15) is 5.11 Å². The van der Waals surface area contributed by atoms with E-state index in [1.165, 1.54) is 0 Å². The van der Waals surface area contributed by atoms with E-state index in [0.29, 0.717) is 23.4 Å². The number of hydrogen-bond donors (Lipinski definition) is 1. The van der Waals surface area contributed by atoms with Gasteiger partial charge < -0.3 is 10.0 Å². The van der Waals surface area contributed by atoms with Gasteiger partial charge in [0.15, 0.2) is 10.3 Å². The molecule has 2 heterocycles. The van der Waals surface area contributed by atoms with E-state index in [0.717, 1.165) is 5.69 Å². The Balaban J connectivity index is 2.15. The van der Waals surface area contributed by atoms with Crippen molar-refractivity contribution in [3.8, 4) is 0 Å². The summed E-state index contributed by atoms with van der Waals surface area (Å²) in [6.07, 6.45) is 0. The minimum Gasteiger partial charge on any atom is -0.386 e. The Morgan fingerprint density at radius 3 is 2.56 bits per heavy atom. The molecular formula is C10H13Cl2N3O. The minimum absolute atomic E-state index is 0.216. The molecule has 0 spiro atoms. The Morgan fingerprint density at radius 1 is 1.38 bits per heavy atom. The van der Waals surface area contributed by atoms with Crippen LogP contribution in [0, 0.1) is 5.92 Å². The third-order valence-corrected chi connectivity index (χ3v) is 3.50. The molecule has 1 saturated heterocycles. The molecule has 0 radical (unpaired) electrons. The topological polar surface area (TPSA) is 49.2 Å². The van der Waals surface area contributed by atoms with E-state index in [1.54, 1.807) is 6.07 Å². The number of aromatic nitrogens is 2. The second kappa shape index (κ2) is 4.02. The van der Waals surface area contributed by atoms with Crippen LogP contribution in [0.5, 0.6) is 0 Å². The van der Waals surface area contributed by atoms with Gasteiger partial charge in [0, 0.05) is 19.2 Å². The zero-order valence-electron chi connectivity index (χ0n) is 9.11. The first-order valence-corrected chi connectivity index (χ1v) is 5.84. The molecule has 1 aromatic rings. The van der Waals surface area contributed by atoms with Crippen LogP contribution in [0.2, 0.25) is 10.3 Å². The number of nitrogens with zero attached hydrogens (tertiary/aromatic N) is 3. The second-order valence-electron chi connectivity index (χ2n) is 4.46. The number of β-amino-alcohol motifs (C(OH)–C–C–N with tert-alkyl or cyclic N) is 1. The van der Waals surface area contributed by atoms with Gasteiger partial charge >= 0.3 is 0 Å². The van der Waals surface area contributed by atoms with E-state index >= 15 is 0 Å². The van der Waals surface area contributed by atoms with E-state index in [-0.39, 0.29) is 5.92 Å². The molecule has 1 aromatic heterocycles. The quantitative estimate of drug-likeness (QED) is 0.885. The Bertz CT molecular complexity index is 405. The van der Waals surface area contributed by atoms with Gasteiger partial charge in [-0.05, 0) is 5.92 Å². The average molecular weight is 262 g/mol. The van der Waals surface area contributed by atoms with Crippen LogP contribution in [0.15, 0.2) is 6.07 Å². The van der Waals surface area contributed by atoms with Gasteiger partial charge in [-0.2, -0.15) is 0 Å². The highest BCUT2D eigenvalue weighted by Gasteiger charge is 2.44. The fourth-order valence-corrected chi connectivity index (χ4v) is 2.07. The summed E-state index contributed by atoms with van der Waals surface area (Å²) >= 11 is 11.7. The number of rotatable bonds is 2. The van der Waals surface area contributed by atoms with Crippen molar-refractivity contribution >= 4 is 28.9 Å². The fraction of sp³-hybridized carbons (Fsp3) is 0.600. The summed E-state index contributed by atoms with van der Waals surface area (Å²) < 4.78 is 0. The van der Waals surface area contributed by atoms with Crippen LogP contribution < -0.4 is 4.90 Å². The minimum atomic E-state index is -0.640. The molecular weight excluding hydrogens is 249 g/mol. The van der Waals surface area contributed by atoms with Gasteiger partial charge in [0.1, 0.15) is 5.60 Å². The summed E-state index contributed by atoms with van der Waals surface area (Å²) in [7, 11) is 0. The number of halogens is 2. The molecule has 1 N–H and O–H groups in total. The lowest BCUT2D eigenvalue weighted by molar-refractivity contribution is -0.0300. The molecule has 0 unspecified atom stereocenters. The molecule has 6 heteroatoms. The maximum atomic E-state index is 10.1.